The maximum absolute atomic E-state index is 12.7. The van der Waals surface area contributed by atoms with Crippen LogP contribution in [-0.4, -0.2) is 11.0 Å². The lowest BCUT2D eigenvalue weighted by Gasteiger charge is -2.23. The second-order valence-corrected chi connectivity index (χ2v) is 4.79. The van der Waals surface area contributed by atoms with Crippen molar-refractivity contribution in [3.05, 3.63) is 24.1 Å². The van der Waals surface area contributed by atoms with Gasteiger partial charge in [0.1, 0.15) is 11.6 Å². The molecule has 0 aliphatic heterocycles. The number of rotatable bonds is 2. The number of nitrogens with one attached hydrogen (secondary N) is 1. The predicted molar refractivity (Wildman–Crippen MR) is 57.1 cm³/mol. The van der Waals surface area contributed by atoms with Gasteiger partial charge in [0, 0.05) is 6.04 Å². The van der Waals surface area contributed by atoms with Crippen molar-refractivity contribution in [1.29, 1.82) is 0 Å². The Bertz CT molecular complexity index is 349. The highest BCUT2D eigenvalue weighted by Crippen LogP contribution is 2.45. The number of hydrogen-bond acceptors (Lipinski definition) is 2. The first-order valence-corrected chi connectivity index (χ1v) is 5.69. The van der Waals surface area contributed by atoms with Gasteiger partial charge in [-0.25, -0.2) is 9.37 Å². The minimum absolute atomic E-state index is 0.270. The zero-order valence-electron chi connectivity index (χ0n) is 8.62. The van der Waals surface area contributed by atoms with Crippen LogP contribution >= 0.6 is 0 Å². The van der Waals surface area contributed by atoms with Crippen LogP contribution in [0.5, 0.6) is 0 Å². The highest BCUT2D eigenvalue weighted by molar-refractivity contribution is 5.35. The van der Waals surface area contributed by atoms with E-state index in [4.69, 9.17) is 0 Å². The van der Waals surface area contributed by atoms with E-state index in [9.17, 15) is 4.39 Å². The van der Waals surface area contributed by atoms with Gasteiger partial charge in [-0.1, -0.05) is 6.42 Å². The standard InChI is InChI=1S/C12H15FN2/c13-10-3-4-12(14-7-10)15-11-6-8-1-2-9(11)5-8/h3-4,7-9,11H,1-2,5-6H2,(H,14,15). The lowest BCUT2D eigenvalue weighted by Crippen LogP contribution is -2.26. The van der Waals surface area contributed by atoms with E-state index in [1.165, 1.54) is 37.9 Å². The van der Waals surface area contributed by atoms with Gasteiger partial charge in [-0.15, -0.1) is 0 Å². The van der Waals surface area contributed by atoms with Gasteiger partial charge in [-0.05, 0) is 43.2 Å². The molecule has 1 heterocycles. The van der Waals surface area contributed by atoms with Gasteiger partial charge >= 0.3 is 0 Å². The number of fused-ring (bicyclic) bond motifs is 2. The van der Waals surface area contributed by atoms with Crippen molar-refractivity contribution in [2.45, 2.75) is 31.7 Å². The van der Waals surface area contributed by atoms with Crippen molar-refractivity contribution < 1.29 is 4.39 Å². The van der Waals surface area contributed by atoms with E-state index in [-0.39, 0.29) is 5.82 Å². The molecule has 2 bridgehead atoms. The largest absolute Gasteiger partial charge is 0.367 e. The maximum atomic E-state index is 12.7. The van der Waals surface area contributed by atoms with Crippen molar-refractivity contribution in [3.63, 3.8) is 0 Å². The van der Waals surface area contributed by atoms with Crippen LogP contribution in [0.3, 0.4) is 0 Å². The number of halogens is 1. The second kappa shape index (κ2) is 3.47. The number of aromatic nitrogens is 1. The molecule has 2 nitrogen and oxygen atoms in total. The quantitative estimate of drug-likeness (QED) is 0.804. The fourth-order valence-electron chi connectivity index (χ4n) is 3.07. The smallest absolute Gasteiger partial charge is 0.141 e. The molecule has 3 heteroatoms. The first-order chi connectivity index (χ1) is 7.31. The van der Waals surface area contributed by atoms with Crippen LogP contribution in [0.2, 0.25) is 0 Å². The fraction of sp³-hybridized carbons (Fsp3) is 0.583. The summed E-state index contributed by atoms with van der Waals surface area (Å²) < 4.78 is 12.7. The molecule has 2 fully saturated rings. The Labute approximate surface area is 88.9 Å². The summed E-state index contributed by atoms with van der Waals surface area (Å²) in [4.78, 5) is 4.04. The molecule has 3 atom stereocenters. The van der Waals surface area contributed by atoms with Crippen LogP contribution in [0.4, 0.5) is 10.2 Å². The van der Waals surface area contributed by atoms with Crippen LogP contribution < -0.4 is 5.32 Å². The Morgan fingerprint density at radius 1 is 1.27 bits per heavy atom. The Morgan fingerprint density at radius 3 is 2.80 bits per heavy atom. The molecule has 0 aromatic carbocycles. The van der Waals surface area contributed by atoms with Crippen LogP contribution in [0, 0.1) is 17.7 Å². The normalized spacial score (nSPS) is 33.3. The number of anilines is 1. The highest BCUT2D eigenvalue weighted by atomic mass is 19.1. The van der Waals surface area contributed by atoms with E-state index in [1.54, 1.807) is 6.07 Å². The summed E-state index contributed by atoms with van der Waals surface area (Å²) in [5, 5.41) is 3.42. The fourth-order valence-corrected chi connectivity index (χ4v) is 3.07. The first kappa shape index (κ1) is 9.13. The van der Waals surface area contributed by atoms with Gasteiger partial charge < -0.3 is 5.32 Å². The van der Waals surface area contributed by atoms with E-state index in [2.05, 4.69) is 10.3 Å². The highest BCUT2D eigenvalue weighted by Gasteiger charge is 2.39. The average Bonchev–Trinajstić information content (AvgIpc) is 2.83. The zero-order chi connectivity index (χ0) is 10.3. The summed E-state index contributed by atoms with van der Waals surface area (Å²) in [6, 6.07) is 3.76. The summed E-state index contributed by atoms with van der Waals surface area (Å²) in [5.41, 5.74) is 0. The molecule has 3 unspecified atom stereocenters. The number of nitrogens with zero attached hydrogens (tertiary/aromatic N) is 1. The molecule has 2 saturated carbocycles. The third-order valence-corrected chi connectivity index (χ3v) is 3.80. The lowest BCUT2D eigenvalue weighted by atomic mass is 9.95. The van der Waals surface area contributed by atoms with Crippen molar-refractivity contribution >= 4 is 5.82 Å². The molecule has 0 saturated heterocycles. The van der Waals surface area contributed by atoms with E-state index in [0.717, 1.165) is 17.7 Å². The minimum atomic E-state index is -0.270. The molecule has 1 aromatic rings. The maximum Gasteiger partial charge on any atom is 0.141 e. The van der Waals surface area contributed by atoms with Gasteiger partial charge in [-0.3, -0.25) is 0 Å². The van der Waals surface area contributed by atoms with Crippen LogP contribution in [0.1, 0.15) is 25.7 Å². The predicted octanol–water partition coefficient (Wildman–Crippen LogP) is 2.82. The molecule has 0 spiro atoms. The zero-order valence-corrected chi connectivity index (χ0v) is 8.62. The summed E-state index contributed by atoms with van der Waals surface area (Å²) in [5.74, 6) is 2.29. The molecule has 15 heavy (non-hydrogen) atoms. The van der Waals surface area contributed by atoms with Crippen molar-refractivity contribution in [1.82, 2.24) is 4.98 Å². The Balaban J connectivity index is 1.68. The van der Waals surface area contributed by atoms with Crippen molar-refractivity contribution in [3.8, 4) is 0 Å². The molecule has 2 aliphatic carbocycles. The Morgan fingerprint density at radius 2 is 2.20 bits per heavy atom. The monoisotopic (exact) mass is 206 g/mol. The summed E-state index contributed by atoms with van der Waals surface area (Å²) in [7, 11) is 0. The molecule has 0 amide bonds. The summed E-state index contributed by atoms with van der Waals surface area (Å²) >= 11 is 0. The molecule has 3 rings (SSSR count). The van der Waals surface area contributed by atoms with E-state index >= 15 is 0 Å². The van der Waals surface area contributed by atoms with Gasteiger partial charge in [0.05, 0.1) is 6.20 Å². The summed E-state index contributed by atoms with van der Waals surface area (Å²) in [6.45, 7) is 0. The second-order valence-electron chi connectivity index (χ2n) is 4.79. The summed E-state index contributed by atoms with van der Waals surface area (Å²) in [6.07, 6.45) is 6.67. The lowest BCUT2D eigenvalue weighted by molar-refractivity contribution is 0.439. The molecular weight excluding hydrogens is 191 g/mol. The Hall–Kier alpha value is -1.12. The topological polar surface area (TPSA) is 24.9 Å². The third kappa shape index (κ3) is 1.71. The third-order valence-electron chi connectivity index (χ3n) is 3.80. The Kier molecular flexibility index (Phi) is 2.11. The number of hydrogen-bond donors (Lipinski definition) is 1. The molecule has 2 aliphatic rings. The molecule has 1 aromatic heterocycles. The SMILES string of the molecule is Fc1ccc(NC2CC3CCC2C3)nc1. The van der Waals surface area contributed by atoms with Gasteiger partial charge in [-0.2, -0.15) is 0 Å². The van der Waals surface area contributed by atoms with Crippen LogP contribution in [-0.2, 0) is 0 Å². The molecular formula is C12H15FN2. The molecule has 1 N–H and O–H groups in total. The van der Waals surface area contributed by atoms with Gasteiger partial charge in [0.25, 0.3) is 0 Å². The van der Waals surface area contributed by atoms with E-state index in [1.807, 2.05) is 0 Å². The van der Waals surface area contributed by atoms with Crippen molar-refractivity contribution in [2.24, 2.45) is 11.8 Å². The van der Waals surface area contributed by atoms with Crippen LogP contribution in [0.15, 0.2) is 18.3 Å². The first-order valence-electron chi connectivity index (χ1n) is 5.69. The van der Waals surface area contributed by atoms with E-state index < -0.39 is 0 Å². The van der Waals surface area contributed by atoms with Gasteiger partial charge in [0.15, 0.2) is 0 Å². The minimum Gasteiger partial charge on any atom is -0.367 e. The van der Waals surface area contributed by atoms with E-state index in [0.29, 0.717) is 6.04 Å². The number of pyridine rings is 1. The van der Waals surface area contributed by atoms with Gasteiger partial charge in [0.2, 0.25) is 0 Å². The van der Waals surface area contributed by atoms with Crippen molar-refractivity contribution in [2.75, 3.05) is 5.32 Å². The molecule has 0 radical (unpaired) electrons. The average molecular weight is 206 g/mol. The van der Waals surface area contributed by atoms with Crippen LogP contribution in [0.25, 0.3) is 0 Å². The molecule has 80 valence electrons.